The van der Waals surface area contributed by atoms with E-state index in [1.54, 1.807) is 11.8 Å². The van der Waals surface area contributed by atoms with Crippen molar-refractivity contribution in [3.05, 3.63) is 29.6 Å². The Labute approximate surface area is 104 Å². The second-order valence-corrected chi connectivity index (χ2v) is 4.85. The molecule has 1 unspecified atom stereocenters. The number of anilines is 1. The molecule has 1 aromatic rings. The van der Waals surface area contributed by atoms with Crippen LogP contribution in [0.4, 0.5) is 10.1 Å². The van der Waals surface area contributed by atoms with Gasteiger partial charge in [-0.25, -0.2) is 9.18 Å². The van der Waals surface area contributed by atoms with Gasteiger partial charge in [-0.1, -0.05) is 6.92 Å². The molecule has 0 aliphatic rings. The number of hydrogen-bond acceptors (Lipinski definition) is 3. The molecule has 0 spiro atoms. The number of nitrogens with one attached hydrogen (secondary N) is 1. The van der Waals surface area contributed by atoms with Gasteiger partial charge in [-0.15, -0.1) is 0 Å². The Morgan fingerprint density at radius 3 is 2.82 bits per heavy atom. The van der Waals surface area contributed by atoms with Crippen LogP contribution in [0.2, 0.25) is 0 Å². The van der Waals surface area contributed by atoms with Gasteiger partial charge in [0.05, 0.1) is 11.3 Å². The Morgan fingerprint density at radius 2 is 2.29 bits per heavy atom. The predicted molar refractivity (Wildman–Crippen MR) is 69.4 cm³/mol. The fraction of sp³-hybridized carbons (Fsp3) is 0.417. The van der Waals surface area contributed by atoms with Crippen LogP contribution in [0.25, 0.3) is 0 Å². The van der Waals surface area contributed by atoms with Crippen LogP contribution in [-0.2, 0) is 0 Å². The first-order chi connectivity index (χ1) is 8.04. The van der Waals surface area contributed by atoms with Crippen molar-refractivity contribution in [3.8, 4) is 0 Å². The quantitative estimate of drug-likeness (QED) is 0.822. The van der Waals surface area contributed by atoms with Crippen LogP contribution in [0.1, 0.15) is 17.3 Å². The third-order valence-electron chi connectivity index (χ3n) is 2.31. The predicted octanol–water partition coefficient (Wildman–Crippen LogP) is 2.93. The Kier molecular flexibility index (Phi) is 5.28. The minimum absolute atomic E-state index is 0.0368. The van der Waals surface area contributed by atoms with Gasteiger partial charge in [-0.05, 0) is 36.1 Å². The van der Waals surface area contributed by atoms with E-state index in [1.807, 2.05) is 6.26 Å². The molecular formula is C12H16FNO2S. The normalized spacial score (nSPS) is 12.2. The van der Waals surface area contributed by atoms with E-state index in [2.05, 4.69) is 12.2 Å². The maximum absolute atomic E-state index is 13.5. The van der Waals surface area contributed by atoms with Gasteiger partial charge in [0.25, 0.3) is 0 Å². The molecule has 0 aliphatic heterocycles. The maximum atomic E-state index is 13.5. The second-order valence-electron chi connectivity index (χ2n) is 3.94. The zero-order chi connectivity index (χ0) is 12.8. The number of carboxylic acid groups (broad SMARTS) is 1. The lowest BCUT2D eigenvalue weighted by atomic mass is 10.1. The summed E-state index contributed by atoms with van der Waals surface area (Å²) in [7, 11) is 0. The summed E-state index contributed by atoms with van der Waals surface area (Å²) in [5, 5.41) is 11.7. The molecular weight excluding hydrogens is 241 g/mol. The van der Waals surface area contributed by atoms with Gasteiger partial charge in [0.2, 0.25) is 0 Å². The molecule has 0 aliphatic carbocycles. The SMILES string of the molecule is CSCC(C)CNc1ccc(C(=O)O)cc1F. The standard InChI is InChI=1S/C12H16FNO2S/c1-8(7-17-2)6-14-11-4-3-9(12(15)16)5-10(11)13/h3-5,8,14H,6-7H2,1-2H3,(H,15,16). The first-order valence-corrected chi connectivity index (χ1v) is 6.69. The van der Waals surface area contributed by atoms with Gasteiger partial charge in [-0.3, -0.25) is 0 Å². The smallest absolute Gasteiger partial charge is 0.335 e. The van der Waals surface area contributed by atoms with Crippen LogP contribution in [0.15, 0.2) is 18.2 Å². The van der Waals surface area contributed by atoms with Crippen molar-refractivity contribution in [3.63, 3.8) is 0 Å². The van der Waals surface area contributed by atoms with Gasteiger partial charge >= 0.3 is 5.97 Å². The average molecular weight is 257 g/mol. The number of thioether (sulfide) groups is 1. The molecule has 2 N–H and O–H groups in total. The summed E-state index contributed by atoms with van der Waals surface area (Å²) in [6.45, 7) is 2.75. The fourth-order valence-electron chi connectivity index (χ4n) is 1.42. The lowest BCUT2D eigenvalue weighted by Crippen LogP contribution is -2.14. The highest BCUT2D eigenvalue weighted by molar-refractivity contribution is 7.98. The summed E-state index contributed by atoms with van der Waals surface area (Å²) < 4.78 is 13.5. The van der Waals surface area contributed by atoms with Gasteiger partial charge in [-0.2, -0.15) is 11.8 Å². The minimum Gasteiger partial charge on any atom is -0.478 e. The molecule has 1 atom stereocenters. The average Bonchev–Trinajstić information content (AvgIpc) is 2.27. The number of aromatic carboxylic acids is 1. The van der Waals surface area contributed by atoms with E-state index < -0.39 is 11.8 Å². The summed E-state index contributed by atoms with van der Waals surface area (Å²) in [6, 6.07) is 3.89. The first kappa shape index (κ1) is 13.8. The molecule has 17 heavy (non-hydrogen) atoms. The molecule has 0 saturated heterocycles. The van der Waals surface area contributed by atoms with E-state index in [-0.39, 0.29) is 5.56 Å². The molecule has 0 fully saturated rings. The van der Waals surface area contributed by atoms with Gasteiger partial charge in [0.15, 0.2) is 0 Å². The molecule has 0 heterocycles. The fourth-order valence-corrected chi connectivity index (χ4v) is 2.11. The van der Waals surface area contributed by atoms with E-state index >= 15 is 0 Å². The summed E-state index contributed by atoms with van der Waals surface area (Å²) in [4.78, 5) is 10.6. The lowest BCUT2D eigenvalue weighted by Gasteiger charge is -2.13. The number of benzene rings is 1. The largest absolute Gasteiger partial charge is 0.478 e. The molecule has 0 amide bonds. The maximum Gasteiger partial charge on any atom is 0.335 e. The topological polar surface area (TPSA) is 49.3 Å². The lowest BCUT2D eigenvalue weighted by molar-refractivity contribution is 0.0696. The van der Waals surface area contributed by atoms with Crippen molar-refractivity contribution in [1.29, 1.82) is 0 Å². The summed E-state index contributed by atoms with van der Waals surface area (Å²) in [6.07, 6.45) is 2.03. The van der Waals surface area contributed by atoms with Gasteiger partial charge in [0, 0.05) is 6.54 Å². The Balaban J connectivity index is 2.63. The van der Waals surface area contributed by atoms with Gasteiger partial charge in [0.1, 0.15) is 5.82 Å². The first-order valence-electron chi connectivity index (χ1n) is 5.30. The van der Waals surface area contributed by atoms with Crippen molar-refractivity contribution in [2.75, 3.05) is 23.9 Å². The third-order valence-corrected chi connectivity index (χ3v) is 3.21. The number of carboxylic acids is 1. The molecule has 0 radical (unpaired) electrons. The van der Waals surface area contributed by atoms with E-state index in [9.17, 15) is 9.18 Å². The summed E-state index contributed by atoms with van der Waals surface area (Å²) in [5.74, 6) is -0.210. The number of hydrogen-bond donors (Lipinski definition) is 2. The van der Waals surface area contributed by atoms with Crippen LogP contribution in [0, 0.1) is 11.7 Å². The van der Waals surface area contributed by atoms with Crippen LogP contribution >= 0.6 is 11.8 Å². The molecule has 5 heteroatoms. The summed E-state index contributed by atoms with van der Waals surface area (Å²) in [5.41, 5.74) is 0.313. The van der Waals surface area contributed by atoms with Crippen molar-refractivity contribution >= 4 is 23.4 Å². The van der Waals surface area contributed by atoms with E-state index in [1.165, 1.54) is 12.1 Å². The molecule has 3 nitrogen and oxygen atoms in total. The van der Waals surface area contributed by atoms with Crippen molar-refractivity contribution < 1.29 is 14.3 Å². The van der Waals surface area contributed by atoms with Crippen LogP contribution in [0.5, 0.6) is 0 Å². The number of halogens is 1. The van der Waals surface area contributed by atoms with Crippen LogP contribution in [0.3, 0.4) is 0 Å². The van der Waals surface area contributed by atoms with Gasteiger partial charge < -0.3 is 10.4 Å². The molecule has 0 saturated carbocycles. The third kappa shape index (κ3) is 4.26. The number of carbonyl (C=O) groups is 1. The Hall–Kier alpha value is -1.23. The molecule has 94 valence electrons. The highest BCUT2D eigenvalue weighted by atomic mass is 32.2. The minimum atomic E-state index is -1.12. The second kappa shape index (κ2) is 6.49. The van der Waals surface area contributed by atoms with Crippen molar-refractivity contribution in [1.82, 2.24) is 0 Å². The highest BCUT2D eigenvalue weighted by Crippen LogP contribution is 2.16. The molecule has 0 aromatic heterocycles. The van der Waals surface area contributed by atoms with Crippen molar-refractivity contribution in [2.45, 2.75) is 6.92 Å². The molecule has 1 aromatic carbocycles. The van der Waals surface area contributed by atoms with E-state index in [0.717, 1.165) is 11.8 Å². The highest BCUT2D eigenvalue weighted by Gasteiger charge is 2.09. The zero-order valence-corrected chi connectivity index (χ0v) is 10.7. The van der Waals surface area contributed by atoms with Crippen LogP contribution < -0.4 is 5.32 Å². The summed E-state index contributed by atoms with van der Waals surface area (Å²) >= 11 is 1.74. The van der Waals surface area contributed by atoms with Crippen molar-refractivity contribution in [2.24, 2.45) is 5.92 Å². The Bertz CT molecular complexity index is 398. The zero-order valence-electron chi connectivity index (χ0n) is 9.87. The van der Waals surface area contributed by atoms with E-state index in [0.29, 0.717) is 18.2 Å². The number of rotatable bonds is 6. The monoisotopic (exact) mass is 257 g/mol. The van der Waals surface area contributed by atoms with E-state index in [4.69, 9.17) is 5.11 Å². The van der Waals surface area contributed by atoms with Crippen LogP contribution in [-0.4, -0.2) is 29.6 Å². The molecule has 1 rings (SSSR count). The Morgan fingerprint density at radius 1 is 1.59 bits per heavy atom. The molecule has 0 bridgehead atoms.